The van der Waals surface area contributed by atoms with E-state index in [4.69, 9.17) is 0 Å². The summed E-state index contributed by atoms with van der Waals surface area (Å²) in [6, 6.07) is 0. The molecule has 0 aliphatic carbocycles. The molecule has 9 nitrogen and oxygen atoms in total. The van der Waals surface area contributed by atoms with Crippen molar-refractivity contribution in [3.63, 3.8) is 0 Å². The molecule has 0 heterocycles. The summed E-state index contributed by atoms with van der Waals surface area (Å²) in [7, 11) is 0. The Morgan fingerprint density at radius 2 is 1.10 bits per heavy atom. The maximum absolute atomic E-state index is 11.1. The third kappa shape index (κ3) is 5.10. The zero-order valence-electron chi connectivity index (χ0n) is 10.1. The van der Waals surface area contributed by atoms with Crippen LogP contribution in [0.1, 0.15) is 0 Å². The van der Waals surface area contributed by atoms with Crippen LogP contribution < -0.4 is 0 Å². The third-order valence-electron chi connectivity index (χ3n) is 1.87. The van der Waals surface area contributed by atoms with Gasteiger partial charge in [-0.05, 0) is 0 Å². The molecule has 0 spiro atoms. The minimum Gasteiger partial charge on any atom is -0.388 e. The lowest BCUT2D eigenvalue weighted by Crippen LogP contribution is -2.47. The first-order valence-corrected chi connectivity index (χ1v) is 5.05. The molecule has 0 radical (unpaired) electrons. The molecule has 0 aromatic carbocycles. The average molecular weight is 288 g/mol. The van der Waals surface area contributed by atoms with Crippen LogP contribution in [0.15, 0.2) is 25.3 Å². The summed E-state index contributed by atoms with van der Waals surface area (Å²) in [5.41, 5.74) is 0. The van der Waals surface area contributed by atoms with Crippen molar-refractivity contribution in [1.29, 1.82) is 0 Å². The van der Waals surface area contributed by atoms with Crippen molar-refractivity contribution in [2.24, 2.45) is 0 Å². The molecule has 0 aromatic heterocycles. The molecule has 0 fully saturated rings. The van der Waals surface area contributed by atoms with E-state index in [1.54, 1.807) is 0 Å². The highest BCUT2D eigenvalue weighted by atomic mass is 16.6. The van der Waals surface area contributed by atoms with Crippen LogP contribution in [0, 0.1) is 0 Å². The van der Waals surface area contributed by atoms with E-state index in [9.17, 15) is 34.5 Å². The Kier molecular flexibility index (Phi) is 7.00. The van der Waals surface area contributed by atoms with Gasteiger partial charge in [0.15, 0.2) is 12.2 Å². The molecule has 0 amide bonds. The fourth-order valence-corrected chi connectivity index (χ4v) is 0.854. The maximum Gasteiger partial charge on any atom is 0.345 e. The topological polar surface area (TPSA) is 147 Å². The molecule has 0 saturated carbocycles. The Labute approximate surface area is 112 Å². The Balaban J connectivity index is 4.66. The van der Waals surface area contributed by atoms with Crippen molar-refractivity contribution in [2.75, 3.05) is 0 Å². The van der Waals surface area contributed by atoms with E-state index in [0.29, 0.717) is 12.2 Å². The number of ether oxygens (including phenoxy) is 2. The van der Waals surface area contributed by atoms with Crippen LogP contribution in [0.2, 0.25) is 0 Å². The van der Waals surface area contributed by atoms with Crippen molar-refractivity contribution in [3.8, 4) is 0 Å². The van der Waals surface area contributed by atoms with Gasteiger partial charge in [0, 0.05) is 12.2 Å². The van der Waals surface area contributed by atoms with Gasteiger partial charge in [-0.25, -0.2) is 19.2 Å². The molecule has 20 heavy (non-hydrogen) atoms. The van der Waals surface area contributed by atoms with E-state index in [1.165, 1.54) is 0 Å². The van der Waals surface area contributed by atoms with E-state index in [0.717, 1.165) is 0 Å². The van der Waals surface area contributed by atoms with Gasteiger partial charge in [-0.2, -0.15) is 0 Å². The van der Waals surface area contributed by atoms with Gasteiger partial charge in [-0.3, -0.25) is 0 Å². The van der Waals surface area contributed by atoms with E-state index in [-0.39, 0.29) is 0 Å². The second-order valence-electron chi connectivity index (χ2n) is 3.27. The summed E-state index contributed by atoms with van der Waals surface area (Å²) < 4.78 is 7.92. The van der Waals surface area contributed by atoms with Gasteiger partial charge in [0.2, 0.25) is 0 Å². The third-order valence-corrected chi connectivity index (χ3v) is 1.87. The lowest BCUT2D eigenvalue weighted by molar-refractivity contribution is -0.177. The first-order chi connectivity index (χ1) is 9.24. The Morgan fingerprint density at radius 1 is 0.800 bits per heavy atom. The average Bonchev–Trinajstić information content (AvgIpc) is 2.43. The van der Waals surface area contributed by atoms with E-state index < -0.39 is 42.2 Å². The van der Waals surface area contributed by atoms with E-state index >= 15 is 0 Å². The highest BCUT2D eigenvalue weighted by molar-refractivity contribution is 5.95. The van der Waals surface area contributed by atoms with Crippen LogP contribution in [0.3, 0.4) is 0 Å². The lowest BCUT2D eigenvalue weighted by atomic mass is 10.1. The number of aliphatic hydroxyl groups is 3. The molecule has 110 valence electrons. The summed E-state index contributed by atoms with van der Waals surface area (Å²) in [6.07, 6.45) is -5.97. The molecular weight excluding hydrogens is 276 g/mol. The van der Waals surface area contributed by atoms with Gasteiger partial charge in [0.25, 0.3) is 0 Å². The van der Waals surface area contributed by atoms with Crippen LogP contribution in [-0.2, 0) is 28.7 Å². The Bertz CT molecular complexity index is 399. The van der Waals surface area contributed by atoms with Gasteiger partial charge in [-0.1, -0.05) is 13.2 Å². The van der Waals surface area contributed by atoms with Gasteiger partial charge in [0.1, 0.15) is 6.10 Å². The number of rotatable bonds is 6. The van der Waals surface area contributed by atoms with Crippen LogP contribution in [0.25, 0.3) is 0 Å². The van der Waals surface area contributed by atoms with Crippen LogP contribution >= 0.6 is 0 Å². The summed E-state index contributed by atoms with van der Waals surface area (Å²) in [6.45, 7) is 5.96. The van der Waals surface area contributed by atoms with Crippen molar-refractivity contribution in [1.82, 2.24) is 0 Å². The largest absolute Gasteiger partial charge is 0.388 e. The minimum absolute atomic E-state index is 0.616. The zero-order valence-corrected chi connectivity index (χ0v) is 10.1. The molecule has 0 saturated heterocycles. The highest BCUT2D eigenvalue weighted by Gasteiger charge is 2.37. The number of hydrogen-bond donors (Lipinski definition) is 3. The molecule has 9 heteroatoms. The Hall–Kier alpha value is -2.36. The summed E-state index contributed by atoms with van der Waals surface area (Å²) in [4.78, 5) is 43.6. The fourth-order valence-electron chi connectivity index (χ4n) is 0.854. The number of hydrogen-bond acceptors (Lipinski definition) is 9. The van der Waals surface area contributed by atoms with Gasteiger partial charge in [0.05, 0.1) is 0 Å². The molecular formula is C11H12O9. The smallest absolute Gasteiger partial charge is 0.345 e. The van der Waals surface area contributed by atoms with E-state index in [2.05, 4.69) is 22.6 Å². The molecule has 3 N–H and O–H groups in total. The molecule has 0 bridgehead atoms. The standard InChI is InChI=1S/C11H12O9/c1-3-5(12)19-10(17)8(15)7(14)9(16)11(18)20-6(13)4-2/h3-4,7-9,14-16H,1-2H2/t7?,8-,9+. The molecule has 0 aliphatic rings. The first-order valence-electron chi connectivity index (χ1n) is 5.05. The monoisotopic (exact) mass is 288 g/mol. The SMILES string of the molecule is C=CC(=O)OC(=O)[C@@H](O)C(O)[C@@H](O)C(=O)OC(=O)C=C. The van der Waals surface area contributed by atoms with Crippen LogP contribution in [-0.4, -0.2) is 57.5 Å². The van der Waals surface area contributed by atoms with Crippen molar-refractivity contribution < 1.29 is 44.0 Å². The maximum atomic E-state index is 11.1. The quantitative estimate of drug-likeness (QED) is 0.276. The summed E-state index contributed by atoms with van der Waals surface area (Å²) >= 11 is 0. The second kappa shape index (κ2) is 7.94. The number of carbonyl (C=O) groups excluding carboxylic acids is 4. The summed E-state index contributed by atoms with van der Waals surface area (Å²) in [5.74, 6) is -5.66. The first kappa shape index (κ1) is 17.6. The van der Waals surface area contributed by atoms with Crippen molar-refractivity contribution in [3.05, 3.63) is 25.3 Å². The number of aliphatic hydroxyl groups excluding tert-OH is 3. The normalized spacial score (nSPS) is 14.3. The van der Waals surface area contributed by atoms with Gasteiger partial charge in [-0.15, -0.1) is 0 Å². The van der Waals surface area contributed by atoms with Gasteiger partial charge >= 0.3 is 23.9 Å². The molecule has 0 aliphatic heterocycles. The fraction of sp³-hybridized carbons (Fsp3) is 0.273. The van der Waals surface area contributed by atoms with Gasteiger partial charge < -0.3 is 24.8 Å². The molecule has 0 aromatic rings. The van der Waals surface area contributed by atoms with Crippen molar-refractivity contribution >= 4 is 23.9 Å². The lowest BCUT2D eigenvalue weighted by Gasteiger charge is -2.19. The molecule has 0 rings (SSSR count). The predicted octanol–water partition coefficient (Wildman–Crippen LogP) is -2.42. The summed E-state index contributed by atoms with van der Waals surface area (Å²) in [5, 5.41) is 27.8. The highest BCUT2D eigenvalue weighted by Crippen LogP contribution is 2.05. The van der Waals surface area contributed by atoms with Crippen LogP contribution in [0.4, 0.5) is 0 Å². The number of carbonyl (C=O) groups is 4. The predicted molar refractivity (Wildman–Crippen MR) is 60.6 cm³/mol. The second-order valence-corrected chi connectivity index (χ2v) is 3.27. The van der Waals surface area contributed by atoms with E-state index in [1.807, 2.05) is 0 Å². The molecule has 1 unspecified atom stereocenters. The minimum atomic E-state index is -2.42. The van der Waals surface area contributed by atoms with Crippen molar-refractivity contribution in [2.45, 2.75) is 18.3 Å². The number of esters is 4. The molecule has 3 atom stereocenters. The Morgan fingerprint density at radius 3 is 1.35 bits per heavy atom. The van der Waals surface area contributed by atoms with Crippen LogP contribution in [0.5, 0.6) is 0 Å². The zero-order chi connectivity index (χ0) is 15.9.